The standard InChI is InChI=1S/C10H9IN2OS2/c1-5-6(2)16-10(12-5)13-9(14)7-3-8(11)15-4-7/h3-4H,1-2H3,(H,12,13,14). The van der Waals surface area contributed by atoms with Gasteiger partial charge < -0.3 is 0 Å². The molecule has 0 aromatic carbocycles. The Hall–Kier alpha value is -0.470. The zero-order chi connectivity index (χ0) is 11.7. The Morgan fingerprint density at radius 2 is 2.25 bits per heavy atom. The number of carbonyl (C=O) groups is 1. The minimum atomic E-state index is -0.0899. The predicted octanol–water partition coefficient (Wildman–Crippen LogP) is 3.68. The number of carbonyl (C=O) groups excluding carboxylic acids is 1. The molecule has 0 atom stereocenters. The molecule has 0 unspecified atom stereocenters. The normalized spacial score (nSPS) is 10.4. The van der Waals surface area contributed by atoms with Gasteiger partial charge in [0.15, 0.2) is 5.13 Å². The number of aromatic nitrogens is 1. The Labute approximate surface area is 115 Å². The van der Waals surface area contributed by atoms with Gasteiger partial charge in [-0.3, -0.25) is 10.1 Å². The van der Waals surface area contributed by atoms with Crippen LogP contribution in [0.15, 0.2) is 11.4 Å². The average Bonchev–Trinajstić information content (AvgIpc) is 2.75. The SMILES string of the molecule is Cc1nc(NC(=O)c2csc(I)c2)sc1C. The van der Waals surface area contributed by atoms with E-state index in [2.05, 4.69) is 32.9 Å². The third kappa shape index (κ3) is 2.61. The van der Waals surface area contributed by atoms with Crippen LogP contribution in [-0.4, -0.2) is 10.9 Å². The van der Waals surface area contributed by atoms with Crippen LogP contribution < -0.4 is 5.32 Å². The Balaban J connectivity index is 2.13. The van der Waals surface area contributed by atoms with Crippen molar-refractivity contribution in [1.82, 2.24) is 4.98 Å². The summed E-state index contributed by atoms with van der Waals surface area (Å²) in [5, 5.41) is 5.32. The van der Waals surface area contributed by atoms with Crippen molar-refractivity contribution in [1.29, 1.82) is 0 Å². The van der Waals surface area contributed by atoms with Gasteiger partial charge in [-0.15, -0.1) is 22.7 Å². The van der Waals surface area contributed by atoms with Crippen molar-refractivity contribution in [2.45, 2.75) is 13.8 Å². The Kier molecular flexibility index (Phi) is 3.60. The molecule has 0 spiro atoms. The molecule has 0 aliphatic carbocycles. The van der Waals surface area contributed by atoms with Gasteiger partial charge in [0.05, 0.1) is 14.1 Å². The van der Waals surface area contributed by atoms with Gasteiger partial charge >= 0.3 is 0 Å². The first-order chi connectivity index (χ1) is 7.56. The summed E-state index contributed by atoms with van der Waals surface area (Å²) in [4.78, 5) is 17.2. The van der Waals surface area contributed by atoms with Gasteiger partial charge in [0, 0.05) is 10.3 Å². The fourth-order valence-electron chi connectivity index (χ4n) is 1.12. The summed E-state index contributed by atoms with van der Waals surface area (Å²) in [5.41, 5.74) is 1.67. The van der Waals surface area contributed by atoms with Crippen molar-refractivity contribution in [3.05, 3.63) is 30.5 Å². The van der Waals surface area contributed by atoms with E-state index in [9.17, 15) is 4.79 Å². The molecule has 0 saturated heterocycles. The summed E-state index contributed by atoms with van der Waals surface area (Å²) in [6.07, 6.45) is 0. The van der Waals surface area contributed by atoms with Crippen LogP contribution in [0.1, 0.15) is 20.9 Å². The summed E-state index contributed by atoms with van der Waals surface area (Å²) < 4.78 is 1.11. The molecule has 2 aromatic heterocycles. The van der Waals surface area contributed by atoms with Crippen molar-refractivity contribution in [3.8, 4) is 0 Å². The highest BCUT2D eigenvalue weighted by atomic mass is 127. The first-order valence-corrected chi connectivity index (χ1v) is 7.33. The second kappa shape index (κ2) is 4.80. The Morgan fingerprint density at radius 1 is 1.50 bits per heavy atom. The highest BCUT2D eigenvalue weighted by Gasteiger charge is 2.11. The molecule has 0 bridgehead atoms. The fraction of sp³-hybridized carbons (Fsp3) is 0.200. The first-order valence-electron chi connectivity index (χ1n) is 4.55. The van der Waals surface area contributed by atoms with Gasteiger partial charge in [-0.2, -0.15) is 0 Å². The fourth-order valence-corrected chi connectivity index (χ4v) is 3.26. The van der Waals surface area contributed by atoms with Gasteiger partial charge in [-0.1, -0.05) is 0 Å². The summed E-state index contributed by atoms with van der Waals surface area (Å²) in [6, 6.07) is 1.87. The van der Waals surface area contributed by atoms with Gasteiger partial charge in [-0.25, -0.2) is 4.98 Å². The predicted molar refractivity (Wildman–Crippen MR) is 76.6 cm³/mol. The number of thiophene rings is 1. The molecule has 1 amide bonds. The third-order valence-corrected chi connectivity index (χ3v) is 4.86. The highest BCUT2D eigenvalue weighted by Crippen LogP contribution is 2.23. The Bertz CT molecular complexity index is 513. The number of hydrogen-bond acceptors (Lipinski definition) is 4. The maximum atomic E-state index is 11.8. The van der Waals surface area contributed by atoms with Crippen molar-refractivity contribution < 1.29 is 4.79 Å². The monoisotopic (exact) mass is 364 g/mol. The smallest absolute Gasteiger partial charge is 0.258 e. The number of anilines is 1. The van der Waals surface area contributed by atoms with E-state index in [1.165, 1.54) is 11.3 Å². The van der Waals surface area contributed by atoms with E-state index in [-0.39, 0.29) is 5.91 Å². The number of rotatable bonds is 2. The molecule has 0 fully saturated rings. The lowest BCUT2D eigenvalue weighted by atomic mass is 10.3. The topological polar surface area (TPSA) is 42.0 Å². The molecule has 3 nitrogen and oxygen atoms in total. The van der Waals surface area contributed by atoms with E-state index in [0.29, 0.717) is 10.7 Å². The number of amides is 1. The number of halogens is 1. The molecule has 1 N–H and O–H groups in total. The van der Waals surface area contributed by atoms with Crippen LogP contribution in [0.2, 0.25) is 0 Å². The van der Waals surface area contributed by atoms with Crippen LogP contribution in [0, 0.1) is 16.7 Å². The van der Waals surface area contributed by atoms with Crippen LogP contribution in [0.3, 0.4) is 0 Å². The van der Waals surface area contributed by atoms with E-state index < -0.39 is 0 Å². The second-order valence-electron chi connectivity index (χ2n) is 3.25. The Morgan fingerprint density at radius 3 is 2.75 bits per heavy atom. The third-order valence-electron chi connectivity index (χ3n) is 2.08. The maximum Gasteiger partial charge on any atom is 0.258 e. The number of hydrogen-bond donors (Lipinski definition) is 1. The number of thiazole rings is 1. The summed E-state index contributed by atoms with van der Waals surface area (Å²) in [7, 11) is 0. The lowest BCUT2D eigenvalue weighted by Gasteiger charge is -1.97. The van der Waals surface area contributed by atoms with E-state index in [1.807, 2.05) is 25.3 Å². The number of nitrogens with zero attached hydrogens (tertiary/aromatic N) is 1. The van der Waals surface area contributed by atoms with Crippen LogP contribution in [-0.2, 0) is 0 Å². The molecule has 16 heavy (non-hydrogen) atoms. The summed E-state index contributed by atoms with van der Waals surface area (Å²) in [6.45, 7) is 3.94. The van der Waals surface area contributed by atoms with Crippen molar-refractivity contribution in [3.63, 3.8) is 0 Å². The first kappa shape index (κ1) is 12.0. The molecule has 2 aromatic rings. The second-order valence-corrected chi connectivity index (χ2v) is 7.26. The lowest BCUT2D eigenvalue weighted by molar-refractivity contribution is 0.102. The van der Waals surface area contributed by atoms with Gasteiger partial charge in [0.25, 0.3) is 5.91 Å². The van der Waals surface area contributed by atoms with Gasteiger partial charge in [0.1, 0.15) is 0 Å². The molecule has 6 heteroatoms. The number of nitrogens with one attached hydrogen (secondary N) is 1. The van der Waals surface area contributed by atoms with E-state index >= 15 is 0 Å². The summed E-state index contributed by atoms with van der Waals surface area (Å²) >= 11 is 5.26. The highest BCUT2D eigenvalue weighted by molar-refractivity contribution is 14.1. The molecular formula is C10H9IN2OS2. The van der Waals surface area contributed by atoms with Crippen LogP contribution in [0.4, 0.5) is 5.13 Å². The van der Waals surface area contributed by atoms with Crippen LogP contribution in [0.5, 0.6) is 0 Å². The summed E-state index contributed by atoms with van der Waals surface area (Å²) in [5.74, 6) is -0.0899. The number of aryl methyl sites for hydroxylation is 2. The van der Waals surface area contributed by atoms with Gasteiger partial charge in [-0.05, 0) is 42.5 Å². The largest absolute Gasteiger partial charge is 0.298 e. The average molecular weight is 364 g/mol. The minimum absolute atomic E-state index is 0.0899. The van der Waals surface area contributed by atoms with Crippen molar-refractivity contribution >= 4 is 56.3 Å². The molecule has 0 aliphatic rings. The van der Waals surface area contributed by atoms with E-state index in [0.717, 1.165) is 13.5 Å². The van der Waals surface area contributed by atoms with Crippen LogP contribution >= 0.6 is 45.3 Å². The van der Waals surface area contributed by atoms with Crippen molar-refractivity contribution in [2.75, 3.05) is 5.32 Å². The lowest BCUT2D eigenvalue weighted by Crippen LogP contribution is -2.10. The molecule has 0 radical (unpaired) electrons. The maximum absolute atomic E-state index is 11.8. The zero-order valence-corrected chi connectivity index (χ0v) is 12.5. The van der Waals surface area contributed by atoms with E-state index in [1.54, 1.807) is 11.3 Å². The van der Waals surface area contributed by atoms with Gasteiger partial charge in [0.2, 0.25) is 0 Å². The molecular weight excluding hydrogens is 355 g/mol. The van der Waals surface area contributed by atoms with Crippen molar-refractivity contribution in [2.24, 2.45) is 0 Å². The minimum Gasteiger partial charge on any atom is -0.298 e. The van der Waals surface area contributed by atoms with Crippen LogP contribution in [0.25, 0.3) is 0 Å². The zero-order valence-electron chi connectivity index (χ0n) is 8.70. The molecule has 0 aliphatic heterocycles. The molecule has 0 saturated carbocycles. The van der Waals surface area contributed by atoms with E-state index in [4.69, 9.17) is 0 Å². The quantitative estimate of drug-likeness (QED) is 0.827. The molecule has 2 heterocycles. The molecule has 2 rings (SSSR count). The molecule has 84 valence electrons.